The first-order valence-electron chi connectivity index (χ1n) is 8.05. The first kappa shape index (κ1) is 20.4. The molecule has 0 aliphatic heterocycles. The third-order valence-electron chi connectivity index (χ3n) is 4.13. The molecule has 0 N–H and O–H groups in total. The standard InChI is InChI=1S/C17H30O4SSi/c1-7-16(21-13-20-3)14(2)17(23(4,5)6)22(18,19)15-11-9-8-10-12-15/h8-12,14,16-17H,7,13H2,1-6H3/t14-,16+,17?/m0/s1. The predicted octanol–water partition coefficient (Wildman–Crippen LogP) is 3.74. The molecular formula is C17H30O4SSi. The highest BCUT2D eigenvalue weighted by atomic mass is 32.2. The molecule has 0 saturated carbocycles. The maximum absolute atomic E-state index is 13.3. The fraction of sp³-hybridized carbons (Fsp3) is 0.647. The molecule has 0 heterocycles. The third kappa shape index (κ3) is 5.14. The molecule has 23 heavy (non-hydrogen) atoms. The summed E-state index contributed by atoms with van der Waals surface area (Å²) in [4.78, 5) is 0.0000701. The third-order valence-corrected chi connectivity index (χ3v) is 11.4. The van der Waals surface area contributed by atoms with Crippen LogP contribution in [0.2, 0.25) is 19.6 Å². The Hall–Kier alpha value is -0.693. The largest absolute Gasteiger partial charge is 0.359 e. The van der Waals surface area contributed by atoms with Gasteiger partial charge in [-0.2, -0.15) is 0 Å². The van der Waals surface area contributed by atoms with Gasteiger partial charge in [-0.05, 0) is 24.5 Å². The van der Waals surface area contributed by atoms with Gasteiger partial charge < -0.3 is 9.47 Å². The number of methoxy groups -OCH3 is 1. The Balaban J connectivity index is 3.25. The van der Waals surface area contributed by atoms with E-state index in [1.165, 1.54) is 0 Å². The van der Waals surface area contributed by atoms with Crippen LogP contribution >= 0.6 is 0 Å². The van der Waals surface area contributed by atoms with Crippen molar-refractivity contribution in [3.63, 3.8) is 0 Å². The van der Waals surface area contributed by atoms with Crippen LogP contribution in [0.15, 0.2) is 35.2 Å². The van der Waals surface area contributed by atoms with Crippen LogP contribution in [0, 0.1) is 5.92 Å². The quantitative estimate of drug-likeness (QED) is 0.498. The van der Waals surface area contributed by atoms with Gasteiger partial charge in [0.05, 0.1) is 23.9 Å². The van der Waals surface area contributed by atoms with Crippen LogP contribution in [-0.2, 0) is 19.3 Å². The second kappa shape index (κ2) is 8.42. The molecule has 1 unspecified atom stereocenters. The molecule has 1 rings (SSSR count). The van der Waals surface area contributed by atoms with E-state index in [9.17, 15) is 8.42 Å². The van der Waals surface area contributed by atoms with E-state index < -0.39 is 22.8 Å². The number of sulfone groups is 1. The van der Waals surface area contributed by atoms with Crippen molar-refractivity contribution in [2.75, 3.05) is 13.9 Å². The molecule has 0 spiro atoms. The van der Waals surface area contributed by atoms with E-state index >= 15 is 0 Å². The van der Waals surface area contributed by atoms with Gasteiger partial charge in [-0.3, -0.25) is 0 Å². The minimum absolute atomic E-state index is 0.0907. The summed E-state index contributed by atoms with van der Waals surface area (Å²) < 4.78 is 37.3. The first-order valence-corrected chi connectivity index (χ1v) is 13.2. The van der Waals surface area contributed by atoms with Crippen LogP contribution in [0.3, 0.4) is 0 Å². The Labute approximate surface area is 142 Å². The van der Waals surface area contributed by atoms with Crippen LogP contribution in [0.5, 0.6) is 0 Å². The predicted molar refractivity (Wildman–Crippen MR) is 97.0 cm³/mol. The van der Waals surface area contributed by atoms with Gasteiger partial charge in [-0.15, -0.1) is 0 Å². The Bertz CT molecular complexity index is 566. The molecule has 132 valence electrons. The van der Waals surface area contributed by atoms with Gasteiger partial charge in [-0.1, -0.05) is 51.7 Å². The van der Waals surface area contributed by atoms with E-state index in [-0.39, 0.29) is 18.8 Å². The molecule has 0 radical (unpaired) electrons. The molecule has 0 aliphatic rings. The summed E-state index contributed by atoms with van der Waals surface area (Å²) in [6.45, 7) is 10.5. The van der Waals surface area contributed by atoms with Gasteiger partial charge >= 0.3 is 0 Å². The minimum atomic E-state index is -3.40. The highest BCUT2D eigenvalue weighted by Crippen LogP contribution is 2.32. The summed E-state index contributed by atoms with van der Waals surface area (Å²) in [6, 6.07) is 8.76. The molecule has 4 nitrogen and oxygen atoms in total. The summed E-state index contributed by atoms with van der Waals surface area (Å²) in [5.41, 5.74) is 0. The van der Waals surface area contributed by atoms with E-state index in [4.69, 9.17) is 9.47 Å². The van der Waals surface area contributed by atoms with Gasteiger partial charge in [0.15, 0.2) is 9.84 Å². The van der Waals surface area contributed by atoms with Crippen molar-refractivity contribution in [1.29, 1.82) is 0 Å². The van der Waals surface area contributed by atoms with Crippen LogP contribution in [0.4, 0.5) is 0 Å². The van der Waals surface area contributed by atoms with Crippen LogP contribution in [0.25, 0.3) is 0 Å². The monoisotopic (exact) mass is 358 g/mol. The molecular weight excluding hydrogens is 328 g/mol. The van der Waals surface area contributed by atoms with Crippen molar-refractivity contribution in [3.8, 4) is 0 Å². The van der Waals surface area contributed by atoms with Crippen molar-refractivity contribution in [2.24, 2.45) is 5.92 Å². The van der Waals surface area contributed by atoms with E-state index in [0.29, 0.717) is 4.90 Å². The summed E-state index contributed by atoms with van der Waals surface area (Å²) >= 11 is 0. The first-order chi connectivity index (χ1) is 10.7. The summed E-state index contributed by atoms with van der Waals surface area (Å²) in [6.07, 6.45) is 0.626. The Morgan fingerprint density at radius 1 is 1.13 bits per heavy atom. The molecule has 1 aromatic carbocycles. The van der Waals surface area contributed by atoms with Gasteiger partial charge in [-0.25, -0.2) is 8.42 Å². The average Bonchev–Trinajstić information content (AvgIpc) is 2.47. The number of hydrogen-bond donors (Lipinski definition) is 0. The van der Waals surface area contributed by atoms with Crippen molar-refractivity contribution < 1.29 is 17.9 Å². The van der Waals surface area contributed by atoms with Crippen molar-refractivity contribution in [2.45, 2.75) is 55.8 Å². The molecule has 0 amide bonds. The summed E-state index contributed by atoms with van der Waals surface area (Å²) in [7, 11) is -3.81. The number of ether oxygens (including phenoxy) is 2. The minimum Gasteiger partial charge on any atom is -0.359 e. The molecule has 6 heteroatoms. The van der Waals surface area contributed by atoms with E-state index in [1.54, 1.807) is 31.4 Å². The number of hydrogen-bond acceptors (Lipinski definition) is 4. The van der Waals surface area contributed by atoms with E-state index in [0.717, 1.165) is 6.42 Å². The van der Waals surface area contributed by atoms with Gasteiger partial charge in [0, 0.05) is 7.11 Å². The number of rotatable bonds is 9. The zero-order valence-corrected chi connectivity index (χ0v) is 16.9. The maximum atomic E-state index is 13.3. The van der Waals surface area contributed by atoms with Crippen LogP contribution < -0.4 is 0 Å². The summed E-state index contributed by atoms with van der Waals surface area (Å²) in [5.74, 6) is -0.0907. The highest BCUT2D eigenvalue weighted by molar-refractivity contribution is 7.94. The van der Waals surface area contributed by atoms with E-state index in [2.05, 4.69) is 19.6 Å². The normalized spacial score (nSPS) is 16.8. The second-order valence-corrected chi connectivity index (χ2v) is 14.9. The highest BCUT2D eigenvalue weighted by Gasteiger charge is 2.44. The lowest BCUT2D eigenvalue weighted by atomic mass is 10.0. The van der Waals surface area contributed by atoms with Gasteiger partial charge in [0.25, 0.3) is 0 Å². The Kier molecular flexibility index (Phi) is 7.45. The van der Waals surface area contributed by atoms with Gasteiger partial charge in [0.2, 0.25) is 0 Å². The molecule has 0 bridgehead atoms. The smallest absolute Gasteiger partial charge is 0.179 e. The lowest BCUT2D eigenvalue weighted by Gasteiger charge is -2.37. The van der Waals surface area contributed by atoms with Crippen molar-refractivity contribution in [1.82, 2.24) is 0 Å². The lowest BCUT2D eigenvalue weighted by molar-refractivity contribution is -0.0883. The Morgan fingerprint density at radius 3 is 2.13 bits per heavy atom. The van der Waals surface area contributed by atoms with E-state index in [1.807, 2.05) is 19.9 Å². The molecule has 0 fully saturated rings. The number of benzene rings is 1. The fourth-order valence-corrected chi connectivity index (χ4v) is 10.8. The molecule has 0 saturated heterocycles. The zero-order valence-electron chi connectivity index (χ0n) is 15.1. The second-order valence-electron chi connectivity index (χ2n) is 7.02. The Morgan fingerprint density at radius 2 is 1.70 bits per heavy atom. The zero-order chi connectivity index (χ0) is 17.7. The lowest BCUT2D eigenvalue weighted by Crippen LogP contribution is -2.51. The van der Waals surface area contributed by atoms with Crippen molar-refractivity contribution >= 4 is 17.9 Å². The molecule has 1 aromatic rings. The summed E-state index contributed by atoms with van der Waals surface area (Å²) in [5, 5.41) is 0. The van der Waals surface area contributed by atoms with Crippen molar-refractivity contribution in [3.05, 3.63) is 30.3 Å². The topological polar surface area (TPSA) is 52.6 Å². The average molecular weight is 359 g/mol. The molecule has 0 aromatic heterocycles. The SMILES string of the molecule is CC[C@@H](OCOC)[C@H](C)C([Si](C)(C)C)S(=O)(=O)c1ccccc1. The maximum Gasteiger partial charge on any atom is 0.179 e. The van der Waals surface area contributed by atoms with Crippen LogP contribution in [0.1, 0.15) is 20.3 Å². The fourth-order valence-electron chi connectivity index (χ4n) is 3.29. The molecule has 3 atom stereocenters. The van der Waals surface area contributed by atoms with Crippen LogP contribution in [-0.4, -0.2) is 41.4 Å². The molecule has 0 aliphatic carbocycles. The van der Waals surface area contributed by atoms with Gasteiger partial charge in [0.1, 0.15) is 6.79 Å².